The Morgan fingerprint density at radius 1 is 1.20 bits per heavy atom. The second kappa shape index (κ2) is 5.31. The summed E-state index contributed by atoms with van der Waals surface area (Å²) in [5.41, 5.74) is 2.21. The van der Waals surface area contributed by atoms with Crippen LogP contribution in [0, 0.1) is 0 Å². The van der Waals surface area contributed by atoms with Gasteiger partial charge >= 0.3 is 0 Å². The molecule has 3 aromatic rings. The number of fused-ring (bicyclic) bond motifs is 1. The lowest BCUT2D eigenvalue weighted by molar-refractivity contribution is 0.102. The third-order valence-corrected chi connectivity index (χ3v) is 4.24. The summed E-state index contributed by atoms with van der Waals surface area (Å²) in [4.78, 5) is 15.4. The molecule has 0 aliphatic carbocycles. The average molecular weight is 350 g/mol. The molecule has 3 rings (SSSR count). The van der Waals surface area contributed by atoms with Crippen molar-refractivity contribution in [3.05, 3.63) is 63.7 Å². The number of anilines is 1. The van der Waals surface area contributed by atoms with Crippen molar-refractivity contribution in [2.45, 2.75) is 0 Å². The zero-order valence-corrected chi connectivity index (χ0v) is 12.6. The second-order valence-electron chi connectivity index (χ2n) is 4.33. The van der Waals surface area contributed by atoms with Gasteiger partial charge in [0.2, 0.25) is 0 Å². The molecule has 0 atom stereocenters. The Bertz CT molecular complexity index is 797. The maximum atomic E-state index is 12.3. The number of H-pyrrole nitrogens is 1. The number of hydrogen-bond acceptors (Lipinski definition) is 1. The lowest BCUT2D eigenvalue weighted by atomic mass is 10.1. The summed E-state index contributed by atoms with van der Waals surface area (Å²) in [5.74, 6) is -0.166. The van der Waals surface area contributed by atoms with E-state index in [9.17, 15) is 4.79 Å². The molecule has 0 radical (unpaired) electrons. The first kappa shape index (κ1) is 13.2. The highest BCUT2D eigenvalue weighted by atomic mass is 79.9. The zero-order chi connectivity index (χ0) is 14.1. The number of carbonyl (C=O) groups excluding carboxylic acids is 1. The molecule has 0 fully saturated rings. The molecule has 0 bridgehead atoms. The third kappa shape index (κ3) is 2.44. The Kier molecular flexibility index (Phi) is 3.51. The van der Waals surface area contributed by atoms with Crippen LogP contribution in [-0.4, -0.2) is 10.9 Å². The number of halogens is 2. The molecule has 2 aromatic carbocycles. The van der Waals surface area contributed by atoms with Gasteiger partial charge in [0, 0.05) is 27.3 Å². The number of rotatable bonds is 2. The number of amides is 1. The standard InChI is InChI=1S/C15H10BrClN2O/c16-12-6-5-9(7-13(12)17)19-15(20)11-8-18-14-4-2-1-3-10(11)14/h1-8,18H,(H,19,20). The van der Waals surface area contributed by atoms with E-state index in [4.69, 9.17) is 11.6 Å². The van der Waals surface area contributed by atoms with Crippen LogP contribution in [0.2, 0.25) is 5.02 Å². The van der Waals surface area contributed by atoms with Gasteiger partial charge in [-0.2, -0.15) is 0 Å². The van der Waals surface area contributed by atoms with E-state index in [1.165, 1.54) is 0 Å². The third-order valence-electron chi connectivity index (χ3n) is 3.01. The minimum absolute atomic E-state index is 0.166. The minimum atomic E-state index is -0.166. The van der Waals surface area contributed by atoms with Crippen molar-refractivity contribution in [1.82, 2.24) is 4.98 Å². The van der Waals surface area contributed by atoms with E-state index in [2.05, 4.69) is 26.2 Å². The number of aromatic nitrogens is 1. The van der Waals surface area contributed by atoms with E-state index in [0.29, 0.717) is 16.3 Å². The summed E-state index contributed by atoms with van der Waals surface area (Å²) in [7, 11) is 0. The smallest absolute Gasteiger partial charge is 0.257 e. The maximum Gasteiger partial charge on any atom is 0.257 e. The number of hydrogen-bond donors (Lipinski definition) is 2. The lowest BCUT2D eigenvalue weighted by Gasteiger charge is -2.05. The van der Waals surface area contributed by atoms with E-state index in [0.717, 1.165) is 15.4 Å². The molecule has 3 nitrogen and oxygen atoms in total. The molecular weight excluding hydrogens is 340 g/mol. The molecule has 0 saturated heterocycles. The van der Waals surface area contributed by atoms with Gasteiger partial charge in [0.15, 0.2) is 0 Å². The van der Waals surface area contributed by atoms with Crippen LogP contribution in [0.1, 0.15) is 10.4 Å². The van der Waals surface area contributed by atoms with Crippen molar-refractivity contribution < 1.29 is 4.79 Å². The van der Waals surface area contributed by atoms with E-state index < -0.39 is 0 Å². The summed E-state index contributed by atoms with van der Waals surface area (Å²) in [6.45, 7) is 0. The average Bonchev–Trinajstić information content (AvgIpc) is 2.87. The highest BCUT2D eigenvalue weighted by molar-refractivity contribution is 9.10. The quantitative estimate of drug-likeness (QED) is 0.683. The van der Waals surface area contributed by atoms with Crippen LogP contribution in [0.4, 0.5) is 5.69 Å². The first-order chi connectivity index (χ1) is 9.65. The summed E-state index contributed by atoms with van der Waals surface area (Å²) >= 11 is 9.33. The van der Waals surface area contributed by atoms with Gasteiger partial charge in [0.05, 0.1) is 10.6 Å². The molecule has 1 heterocycles. The van der Waals surface area contributed by atoms with Crippen LogP contribution in [0.25, 0.3) is 10.9 Å². The maximum absolute atomic E-state index is 12.3. The molecule has 0 unspecified atom stereocenters. The molecule has 1 amide bonds. The molecule has 0 spiro atoms. The van der Waals surface area contributed by atoms with Gasteiger partial charge in [-0.05, 0) is 40.2 Å². The Morgan fingerprint density at radius 3 is 2.80 bits per heavy atom. The Hall–Kier alpha value is -1.78. The molecule has 2 N–H and O–H groups in total. The van der Waals surface area contributed by atoms with E-state index in [1.807, 2.05) is 24.3 Å². The van der Waals surface area contributed by atoms with Crippen LogP contribution in [0.3, 0.4) is 0 Å². The predicted octanol–water partition coefficient (Wildman–Crippen LogP) is 4.84. The first-order valence-corrected chi connectivity index (χ1v) is 7.15. The Balaban J connectivity index is 1.91. The van der Waals surface area contributed by atoms with Crippen molar-refractivity contribution in [3.63, 3.8) is 0 Å². The molecule has 1 aromatic heterocycles. The molecule has 0 aliphatic rings. The monoisotopic (exact) mass is 348 g/mol. The van der Waals surface area contributed by atoms with Crippen LogP contribution < -0.4 is 5.32 Å². The van der Waals surface area contributed by atoms with E-state index in [-0.39, 0.29) is 5.91 Å². The molecule has 0 saturated carbocycles. The molecule has 100 valence electrons. The van der Waals surface area contributed by atoms with Gasteiger partial charge in [-0.3, -0.25) is 4.79 Å². The molecule has 5 heteroatoms. The highest BCUT2D eigenvalue weighted by Gasteiger charge is 2.12. The fraction of sp³-hybridized carbons (Fsp3) is 0. The van der Waals surface area contributed by atoms with Gasteiger partial charge < -0.3 is 10.3 Å². The van der Waals surface area contributed by atoms with E-state index in [1.54, 1.807) is 24.4 Å². The first-order valence-electron chi connectivity index (χ1n) is 5.97. The normalized spacial score (nSPS) is 10.7. The largest absolute Gasteiger partial charge is 0.360 e. The SMILES string of the molecule is O=C(Nc1ccc(Br)c(Cl)c1)c1c[nH]c2ccccc12. The van der Waals surface area contributed by atoms with E-state index >= 15 is 0 Å². The van der Waals surface area contributed by atoms with Gasteiger partial charge in [0.1, 0.15) is 0 Å². The number of carbonyl (C=O) groups is 1. The summed E-state index contributed by atoms with van der Waals surface area (Å²) in [6.07, 6.45) is 1.71. The predicted molar refractivity (Wildman–Crippen MR) is 85.4 cm³/mol. The second-order valence-corrected chi connectivity index (χ2v) is 5.59. The van der Waals surface area contributed by atoms with Gasteiger partial charge in [0.25, 0.3) is 5.91 Å². The van der Waals surface area contributed by atoms with Gasteiger partial charge in [-0.25, -0.2) is 0 Å². The number of benzene rings is 2. The fourth-order valence-corrected chi connectivity index (χ4v) is 2.46. The Labute approximate surface area is 129 Å². The zero-order valence-electron chi connectivity index (χ0n) is 10.3. The number of para-hydroxylation sites is 1. The fourth-order valence-electron chi connectivity index (χ4n) is 2.03. The Morgan fingerprint density at radius 2 is 2.00 bits per heavy atom. The summed E-state index contributed by atoms with van der Waals surface area (Å²) in [5, 5.41) is 4.29. The minimum Gasteiger partial charge on any atom is -0.360 e. The number of aromatic amines is 1. The van der Waals surface area contributed by atoms with Gasteiger partial charge in [-0.1, -0.05) is 29.8 Å². The van der Waals surface area contributed by atoms with Crippen molar-refractivity contribution in [2.24, 2.45) is 0 Å². The van der Waals surface area contributed by atoms with Crippen molar-refractivity contribution in [3.8, 4) is 0 Å². The number of nitrogens with one attached hydrogen (secondary N) is 2. The lowest BCUT2D eigenvalue weighted by Crippen LogP contribution is -2.11. The van der Waals surface area contributed by atoms with Crippen LogP contribution in [0.15, 0.2) is 53.1 Å². The molecule has 20 heavy (non-hydrogen) atoms. The molecule has 0 aliphatic heterocycles. The van der Waals surface area contributed by atoms with Crippen molar-refractivity contribution in [2.75, 3.05) is 5.32 Å². The van der Waals surface area contributed by atoms with Crippen LogP contribution in [-0.2, 0) is 0 Å². The van der Waals surface area contributed by atoms with Crippen LogP contribution >= 0.6 is 27.5 Å². The summed E-state index contributed by atoms with van der Waals surface area (Å²) < 4.78 is 0.796. The topological polar surface area (TPSA) is 44.9 Å². The highest BCUT2D eigenvalue weighted by Crippen LogP contribution is 2.26. The van der Waals surface area contributed by atoms with Gasteiger partial charge in [-0.15, -0.1) is 0 Å². The van der Waals surface area contributed by atoms with Crippen molar-refractivity contribution >= 4 is 50.0 Å². The van der Waals surface area contributed by atoms with Crippen molar-refractivity contribution in [1.29, 1.82) is 0 Å². The van der Waals surface area contributed by atoms with Crippen LogP contribution in [0.5, 0.6) is 0 Å². The molecular formula is C15H10BrClN2O. The summed E-state index contributed by atoms with van der Waals surface area (Å²) in [6, 6.07) is 13.0.